The first-order chi connectivity index (χ1) is 14.7. The van der Waals surface area contributed by atoms with Gasteiger partial charge in [-0.3, -0.25) is 4.79 Å². The second-order valence-corrected chi connectivity index (χ2v) is 7.74. The summed E-state index contributed by atoms with van der Waals surface area (Å²) in [5.41, 5.74) is 0.0297. The highest BCUT2D eigenvalue weighted by molar-refractivity contribution is 5.85. The van der Waals surface area contributed by atoms with Crippen molar-refractivity contribution in [2.75, 3.05) is 40.3 Å². The fourth-order valence-electron chi connectivity index (χ4n) is 3.50. The molecule has 6 nitrogen and oxygen atoms in total. The van der Waals surface area contributed by atoms with Gasteiger partial charge in [-0.1, -0.05) is 18.2 Å². The minimum atomic E-state index is -4.36. The highest BCUT2D eigenvalue weighted by Gasteiger charge is 2.32. The van der Waals surface area contributed by atoms with Gasteiger partial charge in [0.2, 0.25) is 5.91 Å². The van der Waals surface area contributed by atoms with Crippen molar-refractivity contribution in [3.63, 3.8) is 0 Å². The number of guanidine groups is 1. The van der Waals surface area contributed by atoms with Gasteiger partial charge in [0.1, 0.15) is 12.3 Å². The number of benzene rings is 1. The van der Waals surface area contributed by atoms with Crippen molar-refractivity contribution in [3.8, 4) is 0 Å². The van der Waals surface area contributed by atoms with Crippen LogP contribution in [0.1, 0.15) is 29.2 Å². The van der Waals surface area contributed by atoms with Crippen molar-refractivity contribution in [3.05, 3.63) is 59.5 Å². The van der Waals surface area contributed by atoms with Crippen LogP contribution < -0.4 is 5.32 Å². The molecule has 0 spiro atoms. The van der Waals surface area contributed by atoms with E-state index in [2.05, 4.69) is 10.3 Å². The average Bonchev–Trinajstić information content (AvgIpc) is 3.42. The summed E-state index contributed by atoms with van der Waals surface area (Å²) in [6.07, 6.45) is -1.39. The Morgan fingerprint density at radius 2 is 2.10 bits per heavy atom. The quantitative estimate of drug-likeness (QED) is 0.557. The van der Waals surface area contributed by atoms with E-state index in [4.69, 9.17) is 4.42 Å². The number of hydrogen-bond donors (Lipinski definition) is 1. The van der Waals surface area contributed by atoms with Crippen LogP contribution >= 0.6 is 0 Å². The molecule has 1 aromatic carbocycles. The third-order valence-electron chi connectivity index (χ3n) is 5.27. The molecule has 9 heteroatoms. The lowest BCUT2D eigenvalue weighted by atomic mass is 9.96. The average molecular weight is 436 g/mol. The first kappa shape index (κ1) is 22.7. The zero-order chi connectivity index (χ0) is 22.4. The Hall–Kier alpha value is -2.97. The Balaban J connectivity index is 1.68. The number of aliphatic imine (C=N–C) groups is 1. The van der Waals surface area contributed by atoms with Crippen molar-refractivity contribution in [1.29, 1.82) is 0 Å². The fraction of sp³-hybridized carbons (Fsp3) is 0.455. The molecule has 1 saturated heterocycles. The van der Waals surface area contributed by atoms with Gasteiger partial charge < -0.3 is 19.5 Å². The second kappa shape index (κ2) is 9.89. The molecule has 2 aromatic rings. The standard InChI is InChI=1S/C22H27F3N4O2/c1-28(2)20(30)14-27-21(26-10-8-19-7-4-12-31-19)29-11-9-17(15-29)16-5-3-6-18(13-16)22(23,24)25/h3-7,12-13,17H,8-11,14-15H2,1-2H3,(H,26,27). The van der Waals surface area contributed by atoms with E-state index in [0.717, 1.165) is 11.8 Å². The predicted octanol–water partition coefficient (Wildman–Crippen LogP) is 3.36. The minimum Gasteiger partial charge on any atom is -0.469 e. The number of nitrogens with zero attached hydrogens (tertiary/aromatic N) is 3. The molecule has 1 N–H and O–H groups in total. The number of alkyl halides is 3. The van der Waals surface area contributed by atoms with Crippen molar-refractivity contribution in [2.45, 2.75) is 24.9 Å². The van der Waals surface area contributed by atoms with Crippen molar-refractivity contribution < 1.29 is 22.4 Å². The molecular formula is C22H27F3N4O2. The maximum Gasteiger partial charge on any atom is 0.416 e. The number of hydrogen-bond acceptors (Lipinski definition) is 3. The number of likely N-dealkylation sites (tertiary alicyclic amines) is 1. The summed E-state index contributed by atoms with van der Waals surface area (Å²) in [5, 5.41) is 3.27. The number of amides is 1. The van der Waals surface area contributed by atoms with Crippen LogP contribution in [-0.4, -0.2) is 61.9 Å². The van der Waals surface area contributed by atoms with Gasteiger partial charge in [-0.05, 0) is 30.2 Å². The molecule has 168 valence electrons. The molecule has 1 amide bonds. The maximum absolute atomic E-state index is 13.1. The Morgan fingerprint density at radius 1 is 1.29 bits per heavy atom. The van der Waals surface area contributed by atoms with E-state index in [1.54, 1.807) is 26.4 Å². The number of likely N-dealkylation sites (N-methyl/N-ethyl adjacent to an activating group) is 1. The summed E-state index contributed by atoms with van der Waals surface area (Å²) in [7, 11) is 3.34. The topological polar surface area (TPSA) is 61.1 Å². The van der Waals surface area contributed by atoms with Crippen molar-refractivity contribution in [2.24, 2.45) is 4.99 Å². The van der Waals surface area contributed by atoms with Gasteiger partial charge in [0.05, 0.1) is 11.8 Å². The number of carbonyl (C=O) groups excluding carboxylic acids is 1. The number of carbonyl (C=O) groups is 1. The van der Waals surface area contributed by atoms with Gasteiger partial charge in [-0.25, -0.2) is 4.99 Å². The molecular weight excluding hydrogens is 409 g/mol. The third kappa shape index (κ3) is 6.26. The first-order valence-electron chi connectivity index (χ1n) is 10.2. The van der Waals surface area contributed by atoms with Gasteiger partial charge in [-0.2, -0.15) is 13.2 Å². The van der Waals surface area contributed by atoms with Crippen molar-refractivity contribution in [1.82, 2.24) is 15.1 Å². The van der Waals surface area contributed by atoms with E-state index in [0.29, 0.717) is 44.0 Å². The Labute approximate surface area is 179 Å². The van der Waals surface area contributed by atoms with Gasteiger partial charge in [-0.15, -0.1) is 0 Å². The van der Waals surface area contributed by atoms with E-state index in [-0.39, 0.29) is 18.4 Å². The van der Waals surface area contributed by atoms with Crippen molar-refractivity contribution >= 4 is 11.9 Å². The molecule has 0 bridgehead atoms. The molecule has 1 aliphatic heterocycles. The Bertz CT molecular complexity index is 894. The Kier molecular flexibility index (Phi) is 7.25. The summed E-state index contributed by atoms with van der Waals surface area (Å²) in [6.45, 7) is 1.74. The van der Waals surface area contributed by atoms with Crippen LogP contribution in [0.15, 0.2) is 52.1 Å². The zero-order valence-corrected chi connectivity index (χ0v) is 17.7. The molecule has 2 heterocycles. The third-order valence-corrected chi connectivity index (χ3v) is 5.27. The lowest BCUT2D eigenvalue weighted by Gasteiger charge is -2.22. The number of furan rings is 1. The molecule has 1 unspecified atom stereocenters. The normalized spacial score (nSPS) is 17.1. The van der Waals surface area contributed by atoms with E-state index >= 15 is 0 Å². The van der Waals surface area contributed by atoms with Gasteiger partial charge in [0, 0.05) is 46.1 Å². The molecule has 0 aliphatic carbocycles. The van der Waals surface area contributed by atoms with Gasteiger partial charge in [0.15, 0.2) is 5.96 Å². The largest absolute Gasteiger partial charge is 0.469 e. The molecule has 1 aromatic heterocycles. The van der Waals surface area contributed by atoms with Crippen LogP contribution in [0, 0.1) is 0 Å². The zero-order valence-electron chi connectivity index (χ0n) is 17.7. The van der Waals surface area contributed by atoms with E-state index in [1.807, 2.05) is 17.0 Å². The highest BCUT2D eigenvalue weighted by atomic mass is 19.4. The number of halogens is 3. The molecule has 3 rings (SSSR count). The Morgan fingerprint density at radius 3 is 2.77 bits per heavy atom. The maximum atomic E-state index is 13.1. The van der Waals surface area contributed by atoms with Gasteiger partial charge >= 0.3 is 6.18 Å². The fourth-order valence-corrected chi connectivity index (χ4v) is 3.50. The van der Waals surface area contributed by atoms with Crippen LogP contribution in [-0.2, 0) is 17.4 Å². The van der Waals surface area contributed by atoms with Crippen LogP contribution in [0.25, 0.3) is 0 Å². The van der Waals surface area contributed by atoms with Crippen LogP contribution in [0.5, 0.6) is 0 Å². The summed E-state index contributed by atoms with van der Waals surface area (Å²) in [4.78, 5) is 19.9. The summed E-state index contributed by atoms with van der Waals surface area (Å²) in [6, 6.07) is 9.21. The highest BCUT2D eigenvalue weighted by Crippen LogP contribution is 2.33. The summed E-state index contributed by atoms with van der Waals surface area (Å²) in [5.74, 6) is 1.25. The van der Waals surface area contributed by atoms with Crippen LogP contribution in [0.2, 0.25) is 0 Å². The smallest absolute Gasteiger partial charge is 0.416 e. The SMILES string of the molecule is CN(C)C(=O)CN=C(NCCc1ccco1)N1CCC(c2cccc(C(F)(F)F)c2)C1. The lowest BCUT2D eigenvalue weighted by molar-refractivity contribution is -0.137. The molecule has 1 aliphatic rings. The number of nitrogens with one attached hydrogen (secondary N) is 1. The van der Waals surface area contributed by atoms with E-state index in [1.165, 1.54) is 17.0 Å². The molecule has 1 fully saturated rings. The summed E-state index contributed by atoms with van der Waals surface area (Å²) < 4.78 is 44.6. The number of rotatable bonds is 6. The summed E-state index contributed by atoms with van der Waals surface area (Å²) >= 11 is 0. The molecule has 0 radical (unpaired) electrons. The minimum absolute atomic E-state index is 0.000804. The monoisotopic (exact) mass is 436 g/mol. The second-order valence-electron chi connectivity index (χ2n) is 7.74. The lowest BCUT2D eigenvalue weighted by Crippen LogP contribution is -2.41. The van der Waals surface area contributed by atoms with Crippen LogP contribution in [0.4, 0.5) is 13.2 Å². The van der Waals surface area contributed by atoms with E-state index in [9.17, 15) is 18.0 Å². The van der Waals surface area contributed by atoms with E-state index < -0.39 is 11.7 Å². The molecule has 31 heavy (non-hydrogen) atoms. The predicted molar refractivity (Wildman–Crippen MR) is 112 cm³/mol. The van der Waals surface area contributed by atoms with Crippen LogP contribution in [0.3, 0.4) is 0 Å². The van der Waals surface area contributed by atoms with Gasteiger partial charge in [0.25, 0.3) is 0 Å². The first-order valence-corrected chi connectivity index (χ1v) is 10.2. The molecule has 0 saturated carbocycles. The molecule has 1 atom stereocenters.